The van der Waals surface area contributed by atoms with Gasteiger partial charge in [0, 0.05) is 32.7 Å². The Labute approximate surface area is 247 Å². The first-order valence-electron chi connectivity index (χ1n) is 14.4. The van der Waals surface area contributed by atoms with Crippen molar-refractivity contribution in [1.82, 2.24) is 24.3 Å². The van der Waals surface area contributed by atoms with Crippen molar-refractivity contribution in [2.45, 2.75) is 58.2 Å². The predicted octanol–water partition coefficient (Wildman–Crippen LogP) is 2.95. The largest absolute Gasteiger partial charge is 0.444 e. The van der Waals surface area contributed by atoms with Crippen molar-refractivity contribution < 1.29 is 23.5 Å². The first-order valence-corrected chi connectivity index (χ1v) is 14.4. The second-order valence-electron chi connectivity index (χ2n) is 12.3. The van der Waals surface area contributed by atoms with Crippen molar-refractivity contribution in [1.29, 1.82) is 0 Å². The zero-order valence-corrected chi connectivity index (χ0v) is 24.8. The molecule has 3 heterocycles. The summed E-state index contributed by atoms with van der Waals surface area (Å²) in [6.07, 6.45) is 0.661. The maximum Gasteiger partial charge on any atom is 0.411 e. The van der Waals surface area contributed by atoms with Crippen LogP contribution in [-0.4, -0.2) is 86.0 Å². The van der Waals surface area contributed by atoms with Gasteiger partial charge in [-0.25, -0.2) is 14.0 Å². The van der Waals surface area contributed by atoms with Gasteiger partial charge in [-0.2, -0.15) is 0 Å². The lowest BCUT2D eigenvalue weighted by Crippen LogP contribution is -2.60. The van der Waals surface area contributed by atoms with Crippen LogP contribution in [0.1, 0.15) is 56.5 Å². The highest BCUT2D eigenvalue weighted by Crippen LogP contribution is 2.33. The van der Waals surface area contributed by atoms with E-state index in [1.54, 1.807) is 56.9 Å². The van der Waals surface area contributed by atoms with Gasteiger partial charge < -0.3 is 14.5 Å². The number of carbonyl (C=O) groups excluding carboxylic acids is 3. The fourth-order valence-electron chi connectivity index (χ4n) is 5.84. The van der Waals surface area contributed by atoms with Crippen LogP contribution in [0.5, 0.6) is 0 Å². The summed E-state index contributed by atoms with van der Waals surface area (Å²) in [4.78, 5) is 71.6. The van der Waals surface area contributed by atoms with Gasteiger partial charge in [0.05, 0.1) is 23.0 Å². The number of nitrogens with one attached hydrogen (secondary N) is 1. The molecule has 1 unspecified atom stereocenters. The zero-order chi connectivity index (χ0) is 31.1. The number of nitrogens with zero attached hydrogens (tertiary/aromatic N) is 4. The molecule has 2 aromatic carbocycles. The van der Waals surface area contributed by atoms with Crippen LogP contribution in [0.25, 0.3) is 10.9 Å². The van der Waals surface area contributed by atoms with Crippen LogP contribution in [0.4, 0.5) is 9.18 Å². The molecule has 12 heteroatoms. The molecule has 0 bridgehead atoms. The number of aromatic nitrogens is 2. The van der Waals surface area contributed by atoms with Gasteiger partial charge >= 0.3 is 11.8 Å². The Morgan fingerprint density at radius 3 is 2.35 bits per heavy atom. The number of aromatic amines is 1. The molecule has 2 aliphatic rings. The van der Waals surface area contributed by atoms with E-state index in [1.807, 2.05) is 0 Å². The Bertz CT molecular complexity index is 1700. The van der Waals surface area contributed by atoms with E-state index in [-0.39, 0.29) is 44.2 Å². The number of para-hydroxylation sites is 1. The van der Waals surface area contributed by atoms with Gasteiger partial charge in [-0.1, -0.05) is 18.2 Å². The van der Waals surface area contributed by atoms with E-state index in [0.29, 0.717) is 35.9 Å². The summed E-state index contributed by atoms with van der Waals surface area (Å²) in [6.45, 7) is 8.40. The molecule has 0 aliphatic carbocycles. The standard InChI is InChI=1S/C31H36FN5O6/c1-30(2,3)43-29(42)37-13-7-12-31(37,4)27(40)35-16-14-34(15-17-35)26(39)22-18-20(10-11-23(22)32)19-36-24-9-6-5-8-21(24)25(38)33-28(36)41/h5-6,8-11,18H,7,12-17,19H2,1-4H3,(H,33,38,41). The van der Waals surface area contributed by atoms with Crippen LogP contribution >= 0.6 is 0 Å². The molecule has 43 heavy (non-hydrogen) atoms. The Balaban J connectivity index is 1.29. The number of carbonyl (C=O) groups is 3. The topological polar surface area (TPSA) is 125 Å². The smallest absolute Gasteiger partial charge is 0.411 e. The van der Waals surface area contributed by atoms with Crippen LogP contribution in [-0.2, 0) is 16.1 Å². The monoisotopic (exact) mass is 593 g/mol. The zero-order valence-electron chi connectivity index (χ0n) is 24.8. The molecule has 0 spiro atoms. The van der Waals surface area contributed by atoms with E-state index in [1.165, 1.54) is 32.6 Å². The molecular formula is C31H36FN5O6. The van der Waals surface area contributed by atoms with Gasteiger partial charge in [0.2, 0.25) is 5.91 Å². The highest BCUT2D eigenvalue weighted by Gasteiger charge is 2.49. The molecule has 2 saturated heterocycles. The summed E-state index contributed by atoms with van der Waals surface area (Å²) < 4.78 is 21.8. The highest BCUT2D eigenvalue weighted by atomic mass is 19.1. The molecule has 1 N–H and O–H groups in total. The molecule has 2 aliphatic heterocycles. The molecule has 11 nitrogen and oxygen atoms in total. The molecular weight excluding hydrogens is 557 g/mol. The molecule has 0 saturated carbocycles. The fourth-order valence-corrected chi connectivity index (χ4v) is 5.84. The first kappa shape index (κ1) is 30.0. The molecule has 2 fully saturated rings. The lowest BCUT2D eigenvalue weighted by molar-refractivity contribution is -0.143. The van der Waals surface area contributed by atoms with Crippen LogP contribution in [0.2, 0.25) is 0 Å². The van der Waals surface area contributed by atoms with Gasteiger partial charge in [-0.15, -0.1) is 0 Å². The summed E-state index contributed by atoms with van der Waals surface area (Å²) in [6, 6.07) is 10.8. The number of halogens is 1. The number of piperazine rings is 1. The van der Waals surface area contributed by atoms with Gasteiger partial charge in [0.15, 0.2) is 0 Å². The van der Waals surface area contributed by atoms with E-state index in [4.69, 9.17) is 4.74 Å². The van der Waals surface area contributed by atoms with Crippen molar-refractivity contribution in [3.63, 3.8) is 0 Å². The molecule has 1 atom stereocenters. The molecule has 0 radical (unpaired) electrons. The second-order valence-corrected chi connectivity index (χ2v) is 12.3. The van der Waals surface area contributed by atoms with E-state index < -0.39 is 40.2 Å². The van der Waals surface area contributed by atoms with Gasteiger partial charge in [-0.3, -0.25) is 28.8 Å². The summed E-state index contributed by atoms with van der Waals surface area (Å²) in [5, 5.41) is 0.341. The van der Waals surface area contributed by atoms with Crippen molar-refractivity contribution in [2.75, 3.05) is 32.7 Å². The third kappa shape index (κ3) is 5.91. The van der Waals surface area contributed by atoms with Gasteiger partial charge in [0.1, 0.15) is 17.0 Å². The van der Waals surface area contributed by atoms with E-state index in [2.05, 4.69) is 4.98 Å². The minimum Gasteiger partial charge on any atom is -0.444 e. The van der Waals surface area contributed by atoms with Crippen LogP contribution in [0.15, 0.2) is 52.1 Å². The Kier molecular flexibility index (Phi) is 7.89. The van der Waals surface area contributed by atoms with E-state index in [0.717, 1.165) is 0 Å². The van der Waals surface area contributed by atoms with Crippen LogP contribution in [0.3, 0.4) is 0 Å². The molecule has 3 amide bonds. The number of H-pyrrole nitrogens is 1. The fraction of sp³-hybridized carbons (Fsp3) is 0.452. The number of fused-ring (bicyclic) bond motifs is 1. The lowest BCUT2D eigenvalue weighted by Gasteiger charge is -2.41. The Morgan fingerprint density at radius 2 is 1.65 bits per heavy atom. The van der Waals surface area contributed by atoms with Crippen molar-refractivity contribution >= 4 is 28.8 Å². The maximum absolute atomic E-state index is 14.9. The average molecular weight is 594 g/mol. The first-order chi connectivity index (χ1) is 20.3. The predicted molar refractivity (Wildman–Crippen MR) is 157 cm³/mol. The highest BCUT2D eigenvalue weighted by molar-refractivity contribution is 5.95. The molecule has 5 rings (SSSR count). The van der Waals surface area contributed by atoms with E-state index >= 15 is 0 Å². The Morgan fingerprint density at radius 1 is 0.977 bits per heavy atom. The quantitative estimate of drug-likeness (QED) is 0.496. The third-order valence-electron chi connectivity index (χ3n) is 8.08. The minimum absolute atomic E-state index is 0.0195. The van der Waals surface area contributed by atoms with Gasteiger partial charge in [0.25, 0.3) is 11.5 Å². The minimum atomic E-state index is -1.04. The average Bonchev–Trinajstić information content (AvgIpc) is 3.37. The number of benzene rings is 2. The molecule has 1 aromatic heterocycles. The number of hydrogen-bond donors (Lipinski definition) is 1. The second kappa shape index (κ2) is 11.3. The lowest BCUT2D eigenvalue weighted by atomic mass is 9.96. The van der Waals surface area contributed by atoms with Crippen molar-refractivity contribution in [3.8, 4) is 0 Å². The van der Waals surface area contributed by atoms with Crippen LogP contribution in [0, 0.1) is 5.82 Å². The van der Waals surface area contributed by atoms with Crippen molar-refractivity contribution in [2.24, 2.45) is 0 Å². The number of ether oxygens (including phenoxy) is 1. The van der Waals surface area contributed by atoms with E-state index in [9.17, 15) is 28.4 Å². The number of amides is 3. The maximum atomic E-state index is 14.9. The number of hydrogen-bond acceptors (Lipinski definition) is 6. The third-order valence-corrected chi connectivity index (χ3v) is 8.08. The molecule has 3 aromatic rings. The summed E-state index contributed by atoms with van der Waals surface area (Å²) in [5.74, 6) is -1.42. The summed E-state index contributed by atoms with van der Waals surface area (Å²) in [5.41, 5.74) is -2.04. The number of rotatable bonds is 4. The summed E-state index contributed by atoms with van der Waals surface area (Å²) >= 11 is 0. The van der Waals surface area contributed by atoms with Crippen molar-refractivity contribution in [3.05, 3.63) is 80.2 Å². The van der Waals surface area contributed by atoms with Crippen LogP contribution < -0.4 is 11.2 Å². The normalized spacial score (nSPS) is 19.1. The SMILES string of the molecule is CC(C)(C)OC(=O)N1CCCC1(C)C(=O)N1CCN(C(=O)c2cc(Cn3c(=O)[nH]c(=O)c4ccccc43)ccc2F)CC1. The summed E-state index contributed by atoms with van der Waals surface area (Å²) in [7, 11) is 0. The Hall–Kier alpha value is -4.48. The van der Waals surface area contributed by atoms with Gasteiger partial charge in [-0.05, 0) is 70.4 Å². The molecule has 228 valence electrons. The number of likely N-dealkylation sites (tertiary alicyclic amines) is 1.